The highest BCUT2D eigenvalue weighted by Crippen LogP contribution is 2.09. The minimum atomic E-state index is -0.523. The summed E-state index contributed by atoms with van der Waals surface area (Å²) in [5.41, 5.74) is 0.527. The second kappa shape index (κ2) is 9.34. The third-order valence-electron chi connectivity index (χ3n) is 2.78. The van der Waals surface area contributed by atoms with Gasteiger partial charge in [0.2, 0.25) is 0 Å². The minimum Gasteiger partial charge on any atom is -0.313 e. The molecule has 4 heteroatoms. The van der Waals surface area contributed by atoms with Crippen molar-refractivity contribution in [3.05, 3.63) is 35.4 Å². The normalized spacial score (nSPS) is 10.8. The molecule has 0 aliphatic rings. The van der Waals surface area contributed by atoms with Gasteiger partial charge < -0.3 is 5.32 Å². The zero-order valence-electron chi connectivity index (χ0n) is 10.8. The van der Waals surface area contributed by atoms with E-state index >= 15 is 0 Å². The third-order valence-corrected chi connectivity index (χ3v) is 3.48. The van der Waals surface area contributed by atoms with E-state index in [4.69, 9.17) is 0 Å². The van der Waals surface area contributed by atoms with Gasteiger partial charge in [0.05, 0.1) is 0 Å². The van der Waals surface area contributed by atoms with E-state index in [1.807, 2.05) is 11.8 Å². The molecule has 0 amide bonds. The van der Waals surface area contributed by atoms with Crippen molar-refractivity contribution >= 4 is 11.8 Å². The fraction of sp³-hybridized carbons (Fsp3) is 0.571. The first-order valence-corrected chi connectivity index (χ1v) is 7.77. The lowest BCUT2D eigenvalue weighted by Crippen LogP contribution is -2.15. The van der Waals surface area contributed by atoms with Gasteiger partial charge in [0.25, 0.3) is 0 Å². The quantitative estimate of drug-likeness (QED) is 0.683. The first-order chi connectivity index (χ1) is 8.74. The smallest absolute Gasteiger partial charge is 0.130 e. The SMILES string of the molecule is CSCCCCCCNCc1ccc(F)cc1F. The fourth-order valence-corrected chi connectivity index (χ4v) is 2.23. The Hall–Kier alpha value is -0.610. The summed E-state index contributed by atoms with van der Waals surface area (Å²) in [7, 11) is 0. The number of rotatable bonds is 9. The van der Waals surface area contributed by atoms with Crippen molar-refractivity contribution in [2.45, 2.75) is 32.2 Å². The number of hydrogen-bond acceptors (Lipinski definition) is 2. The van der Waals surface area contributed by atoms with Gasteiger partial charge in [-0.3, -0.25) is 0 Å². The average molecular weight is 273 g/mol. The van der Waals surface area contributed by atoms with Gasteiger partial charge in [0.1, 0.15) is 11.6 Å². The van der Waals surface area contributed by atoms with Crippen molar-refractivity contribution in [3.8, 4) is 0 Å². The molecule has 0 radical (unpaired) electrons. The summed E-state index contributed by atoms with van der Waals surface area (Å²) in [6.07, 6.45) is 6.97. The van der Waals surface area contributed by atoms with Crippen LogP contribution in [0.5, 0.6) is 0 Å². The van der Waals surface area contributed by atoms with E-state index in [1.165, 1.54) is 37.1 Å². The van der Waals surface area contributed by atoms with E-state index in [0.717, 1.165) is 19.0 Å². The van der Waals surface area contributed by atoms with Crippen molar-refractivity contribution < 1.29 is 8.78 Å². The summed E-state index contributed by atoms with van der Waals surface area (Å²) >= 11 is 1.88. The molecule has 0 aromatic heterocycles. The van der Waals surface area contributed by atoms with Gasteiger partial charge >= 0.3 is 0 Å². The predicted molar refractivity (Wildman–Crippen MR) is 74.9 cm³/mol. The summed E-state index contributed by atoms with van der Waals surface area (Å²) in [5, 5.41) is 3.19. The van der Waals surface area contributed by atoms with Crippen LogP contribution in [-0.4, -0.2) is 18.6 Å². The van der Waals surface area contributed by atoms with Crippen LogP contribution in [0.1, 0.15) is 31.2 Å². The van der Waals surface area contributed by atoms with Crippen LogP contribution in [0.4, 0.5) is 8.78 Å². The van der Waals surface area contributed by atoms with E-state index < -0.39 is 11.6 Å². The van der Waals surface area contributed by atoms with Gasteiger partial charge in [-0.15, -0.1) is 0 Å². The molecule has 1 rings (SSSR count). The maximum atomic E-state index is 13.3. The monoisotopic (exact) mass is 273 g/mol. The lowest BCUT2D eigenvalue weighted by molar-refractivity contribution is 0.551. The Kier molecular flexibility index (Phi) is 8.01. The topological polar surface area (TPSA) is 12.0 Å². The van der Waals surface area contributed by atoms with Crippen molar-refractivity contribution in [1.82, 2.24) is 5.32 Å². The van der Waals surface area contributed by atoms with E-state index in [-0.39, 0.29) is 0 Å². The molecule has 0 fully saturated rings. The molecule has 0 saturated carbocycles. The van der Waals surface area contributed by atoms with E-state index in [9.17, 15) is 8.78 Å². The first-order valence-electron chi connectivity index (χ1n) is 6.37. The molecule has 0 atom stereocenters. The molecule has 1 nitrogen and oxygen atoms in total. The lowest BCUT2D eigenvalue weighted by Gasteiger charge is -2.06. The molecule has 0 spiro atoms. The minimum absolute atomic E-state index is 0.469. The van der Waals surface area contributed by atoms with Crippen LogP contribution in [0, 0.1) is 11.6 Å². The van der Waals surface area contributed by atoms with Gasteiger partial charge in [-0.25, -0.2) is 8.78 Å². The Morgan fingerprint density at radius 1 is 1.11 bits per heavy atom. The summed E-state index contributed by atoms with van der Waals surface area (Å²) in [6.45, 7) is 1.35. The average Bonchev–Trinajstić information content (AvgIpc) is 2.35. The number of hydrogen-bond donors (Lipinski definition) is 1. The molecule has 0 aliphatic carbocycles. The van der Waals surface area contributed by atoms with E-state index in [2.05, 4.69) is 11.6 Å². The maximum absolute atomic E-state index is 13.3. The molecule has 0 unspecified atom stereocenters. The summed E-state index contributed by atoms with van der Waals surface area (Å²) in [5.74, 6) is 0.237. The molecule has 0 bridgehead atoms. The van der Waals surface area contributed by atoms with Crippen LogP contribution in [0.2, 0.25) is 0 Å². The Morgan fingerprint density at radius 3 is 2.61 bits per heavy atom. The van der Waals surface area contributed by atoms with Crippen LogP contribution in [0.15, 0.2) is 18.2 Å². The van der Waals surface area contributed by atoms with Crippen molar-refractivity contribution in [2.75, 3.05) is 18.6 Å². The highest BCUT2D eigenvalue weighted by molar-refractivity contribution is 7.98. The third kappa shape index (κ3) is 6.36. The number of halogens is 2. The number of benzene rings is 1. The number of unbranched alkanes of at least 4 members (excludes halogenated alkanes) is 3. The Balaban J connectivity index is 2.07. The van der Waals surface area contributed by atoms with Gasteiger partial charge in [-0.05, 0) is 37.5 Å². The van der Waals surface area contributed by atoms with Crippen molar-refractivity contribution in [2.24, 2.45) is 0 Å². The van der Waals surface area contributed by atoms with E-state index in [0.29, 0.717) is 12.1 Å². The molecule has 102 valence electrons. The molecule has 0 aliphatic heterocycles. The Labute approximate surface area is 112 Å². The standard InChI is InChI=1S/C14H21F2NS/c1-18-9-5-3-2-4-8-17-11-12-6-7-13(15)10-14(12)16/h6-7,10,17H,2-5,8-9,11H2,1H3. The zero-order chi connectivity index (χ0) is 13.2. The summed E-state index contributed by atoms with van der Waals surface area (Å²) in [4.78, 5) is 0. The molecule has 1 N–H and O–H groups in total. The second-order valence-electron chi connectivity index (χ2n) is 4.32. The molecule has 1 aromatic carbocycles. The molecule has 0 saturated heterocycles. The maximum Gasteiger partial charge on any atom is 0.130 e. The van der Waals surface area contributed by atoms with Crippen LogP contribution in [-0.2, 0) is 6.54 Å². The Bertz CT molecular complexity index is 345. The largest absolute Gasteiger partial charge is 0.313 e. The fourth-order valence-electron chi connectivity index (χ4n) is 1.74. The number of thioether (sulfide) groups is 1. The van der Waals surface area contributed by atoms with Crippen molar-refractivity contribution in [1.29, 1.82) is 0 Å². The van der Waals surface area contributed by atoms with Crippen LogP contribution in [0.25, 0.3) is 0 Å². The van der Waals surface area contributed by atoms with Gasteiger partial charge in [-0.1, -0.05) is 18.9 Å². The lowest BCUT2D eigenvalue weighted by atomic mass is 10.2. The number of nitrogens with one attached hydrogen (secondary N) is 1. The van der Waals surface area contributed by atoms with Gasteiger partial charge in [-0.2, -0.15) is 11.8 Å². The summed E-state index contributed by atoms with van der Waals surface area (Å²) in [6, 6.07) is 3.72. The highest BCUT2D eigenvalue weighted by Gasteiger charge is 2.02. The van der Waals surface area contributed by atoms with Crippen LogP contribution in [0.3, 0.4) is 0 Å². The molecule has 18 heavy (non-hydrogen) atoms. The second-order valence-corrected chi connectivity index (χ2v) is 5.31. The van der Waals surface area contributed by atoms with Crippen LogP contribution >= 0.6 is 11.8 Å². The van der Waals surface area contributed by atoms with E-state index in [1.54, 1.807) is 0 Å². The Morgan fingerprint density at radius 2 is 1.89 bits per heavy atom. The molecule has 1 aromatic rings. The van der Waals surface area contributed by atoms with Crippen molar-refractivity contribution in [3.63, 3.8) is 0 Å². The molecular weight excluding hydrogens is 252 g/mol. The zero-order valence-corrected chi connectivity index (χ0v) is 11.7. The van der Waals surface area contributed by atoms with Crippen LogP contribution < -0.4 is 5.32 Å². The van der Waals surface area contributed by atoms with Gasteiger partial charge in [0, 0.05) is 18.2 Å². The van der Waals surface area contributed by atoms with Gasteiger partial charge in [0.15, 0.2) is 0 Å². The highest BCUT2D eigenvalue weighted by atomic mass is 32.2. The molecule has 0 heterocycles. The first kappa shape index (κ1) is 15.4. The molecular formula is C14H21F2NS. The summed E-state index contributed by atoms with van der Waals surface area (Å²) < 4.78 is 26.0. The predicted octanol–water partition coefficient (Wildman–Crippen LogP) is 3.98.